The molecular weight excluding hydrogens is 347 g/mol. The second kappa shape index (κ2) is 8.93. The summed E-state index contributed by atoms with van der Waals surface area (Å²) in [6.07, 6.45) is -1.10. The van der Waals surface area contributed by atoms with Crippen molar-refractivity contribution in [1.29, 1.82) is 0 Å². The summed E-state index contributed by atoms with van der Waals surface area (Å²) in [7, 11) is 0. The Balaban J connectivity index is 1.72. The van der Waals surface area contributed by atoms with Crippen LogP contribution in [0.4, 0.5) is 10.1 Å². The van der Waals surface area contributed by atoms with Gasteiger partial charge in [-0.1, -0.05) is 6.07 Å². The van der Waals surface area contributed by atoms with E-state index in [9.17, 15) is 18.8 Å². The first-order valence-electron chi connectivity index (χ1n) is 7.52. The van der Waals surface area contributed by atoms with Gasteiger partial charge in [-0.15, -0.1) is 0 Å². The van der Waals surface area contributed by atoms with E-state index in [1.54, 1.807) is 16.8 Å². The van der Waals surface area contributed by atoms with Crippen LogP contribution in [0, 0.1) is 5.82 Å². The monoisotopic (exact) mass is 364 g/mol. The molecule has 0 fully saturated rings. The Morgan fingerprint density at radius 1 is 1.28 bits per heavy atom. The molecule has 6 nitrogen and oxygen atoms in total. The van der Waals surface area contributed by atoms with Gasteiger partial charge in [0.05, 0.1) is 6.42 Å². The molecular formula is C17H17FN2O4S. The van der Waals surface area contributed by atoms with Gasteiger partial charge in [-0.2, -0.15) is 11.3 Å². The van der Waals surface area contributed by atoms with Crippen LogP contribution >= 0.6 is 11.3 Å². The smallest absolute Gasteiger partial charge is 0.308 e. The van der Waals surface area contributed by atoms with Crippen LogP contribution in [0.1, 0.15) is 23.7 Å². The van der Waals surface area contributed by atoms with Crippen LogP contribution in [0.5, 0.6) is 0 Å². The zero-order chi connectivity index (χ0) is 18.2. The summed E-state index contributed by atoms with van der Waals surface area (Å²) in [5.74, 6) is -1.94. The lowest BCUT2D eigenvalue weighted by Crippen LogP contribution is -2.32. The number of carbonyl (C=O) groups is 3. The molecule has 2 amide bonds. The highest BCUT2D eigenvalue weighted by Crippen LogP contribution is 2.10. The Morgan fingerprint density at radius 3 is 2.76 bits per heavy atom. The molecule has 2 rings (SSSR count). The molecule has 2 aromatic rings. The zero-order valence-corrected chi connectivity index (χ0v) is 14.3. The largest absolute Gasteiger partial charge is 0.452 e. The fourth-order valence-electron chi connectivity index (χ4n) is 1.89. The lowest BCUT2D eigenvalue weighted by molar-refractivity contribution is -0.153. The maximum absolute atomic E-state index is 13.1. The number of halogens is 1. The van der Waals surface area contributed by atoms with E-state index in [1.807, 2.05) is 0 Å². The van der Waals surface area contributed by atoms with E-state index in [2.05, 4.69) is 10.6 Å². The van der Waals surface area contributed by atoms with Gasteiger partial charge < -0.3 is 15.4 Å². The average Bonchev–Trinajstić information content (AvgIpc) is 3.09. The standard InChI is InChI=1S/C17H17FN2O4S/c1-11(16(22)20-14-4-2-3-13(18)9-14)24-15(21)5-7-19-17(23)12-6-8-25-10-12/h2-4,6,8-11H,5,7H2,1H3,(H,19,23)(H,20,22). The van der Waals surface area contributed by atoms with Crippen molar-refractivity contribution in [2.45, 2.75) is 19.4 Å². The van der Waals surface area contributed by atoms with E-state index in [-0.39, 0.29) is 24.6 Å². The van der Waals surface area contributed by atoms with Crippen molar-refractivity contribution in [2.75, 3.05) is 11.9 Å². The van der Waals surface area contributed by atoms with Gasteiger partial charge >= 0.3 is 5.97 Å². The van der Waals surface area contributed by atoms with E-state index >= 15 is 0 Å². The number of amides is 2. The van der Waals surface area contributed by atoms with Gasteiger partial charge in [0.1, 0.15) is 5.82 Å². The highest BCUT2D eigenvalue weighted by molar-refractivity contribution is 7.08. The number of ether oxygens (including phenoxy) is 1. The first-order valence-corrected chi connectivity index (χ1v) is 8.46. The number of nitrogens with one attached hydrogen (secondary N) is 2. The average molecular weight is 364 g/mol. The van der Waals surface area contributed by atoms with E-state index in [4.69, 9.17) is 4.74 Å². The molecule has 1 aromatic heterocycles. The van der Waals surface area contributed by atoms with E-state index in [1.165, 1.54) is 36.5 Å². The highest BCUT2D eigenvalue weighted by atomic mass is 32.1. The van der Waals surface area contributed by atoms with Gasteiger partial charge in [0.25, 0.3) is 11.8 Å². The number of hydrogen-bond acceptors (Lipinski definition) is 5. The molecule has 0 radical (unpaired) electrons. The fraction of sp³-hybridized carbons (Fsp3) is 0.235. The molecule has 1 heterocycles. The van der Waals surface area contributed by atoms with Gasteiger partial charge in [-0.25, -0.2) is 4.39 Å². The number of thiophene rings is 1. The summed E-state index contributed by atoms with van der Waals surface area (Å²) in [5.41, 5.74) is 0.803. The lowest BCUT2D eigenvalue weighted by Gasteiger charge is -2.13. The zero-order valence-electron chi connectivity index (χ0n) is 13.5. The normalized spacial score (nSPS) is 11.4. The molecule has 0 saturated heterocycles. The van der Waals surface area contributed by atoms with E-state index in [0.29, 0.717) is 5.56 Å². The number of carbonyl (C=O) groups excluding carboxylic acids is 3. The Labute approximate surface area is 148 Å². The minimum Gasteiger partial charge on any atom is -0.452 e. The molecule has 0 aliphatic rings. The van der Waals surface area contributed by atoms with Gasteiger partial charge in [-0.05, 0) is 36.6 Å². The Bertz CT molecular complexity index is 749. The van der Waals surface area contributed by atoms with Gasteiger partial charge in [0.2, 0.25) is 0 Å². The topological polar surface area (TPSA) is 84.5 Å². The molecule has 132 valence electrons. The van der Waals surface area contributed by atoms with Crippen LogP contribution < -0.4 is 10.6 Å². The summed E-state index contributed by atoms with van der Waals surface area (Å²) in [6.45, 7) is 1.52. The Morgan fingerprint density at radius 2 is 2.08 bits per heavy atom. The van der Waals surface area contributed by atoms with Crippen LogP contribution in [0.25, 0.3) is 0 Å². The summed E-state index contributed by atoms with van der Waals surface area (Å²) in [5, 5.41) is 8.53. The quantitative estimate of drug-likeness (QED) is 0.740. The SMILES string of the molecule is CC(OC(=O)CCNC(=O)c1ccsc1)C(=O)Nc1cccc(F)c1. The van der Waals surface area contributed by atoms with Gasteiger partial charge in [0.15, 0.2) is 6.10 Å². The molecule has 0 bridgehead atoms. The molecule has 25 heavy (non-hydrogen) atoms. The maximum Gasteiger partial charge on any atom is 0.308 e. The highest BCUT2D eigenvalue weighted by Gasteiger charge is 2.18. The summed E-state index contributed by atoms with van der Waals surface area (Å²) < 4.78 is 18.1. The molecule has 1 unspecified atom stereocenters. The van der Waals surface area contributed by atoms with Crippen molar-refractivity contribution in [2.24, 2.45) is 0 Å². The first-order chi connectivity index (χ1) is 12.0. The summed E-state index contributed by atoms with van der Waals surface area (Å²) in [4.78, 5) is 35.3. The molecule has 0 aliphatic carbocycles. The van der Waals surface area contributed by atoms with Crippen molar-refractivity contribution in [1.82, 2.24) is 5.32 Å². The van der Waals surface area contributed by atoms with Crippen LogP contribution in [-0.2, 0) is 14.3 Å². The number of anilines is 1. The van der Waals surface area contributed by atoms with Gasteiger partial charge in [0, 0.05) is 23.2 Å². The third-order valence-corrected chi connectivity index (χ3v) is 3.85. The number of rotatable bonds is 7. The molecule has 1 atom stereocenters. The van der Waals surface area contributed by atoms with Crippen LogP contribution in [0.3, 0.4) is 0 Å². The van der Waals surface area contributed by atoms with Gasteiger partial charge in [-0.3, -0.25) is 14.4 Å². The molecule has 2 N–H and O–H groups in total. The molecule has 8 heteroatoms. The predicted octanol–water partition coefficient (Wildman–Crippen LogP) is 2.58. The Hall–Kier alpha value is -2.74. The van der Waals surface area contributed by atoms with Crippen molar-refractivity contribution in [3.63, 3.8) is 0 Å². The minimum absolute atomic E-state index is 0.0620. The minimum atomic E-state index is -1.04. The lowest BCUT2D eigenvalue weighted by atomic mass is 10.3. The number of benzene rings is 1. The third-order valence-electron chi connectivity index (χ3n) is 3.17. The number of esters is 1. The summed E-state index contributed by atoms with van der Waals surface area (Å²) in [6, 6.07) is 7.07. The third kappa shape index (κ3) is 6.00. The van der Waals surface area contributed by atoms with Crippen LogP contribution in [-0.4, -0.2) is 30.4 Å². The van der Waals surface area contributed by atoms with Crippen molar-refractivity contribution >= 4 is 34.8 Å². The first kappa shape index (κ1) is 18.6. The molecule has 0 saturated carbocycles. The van der Waals surface area contributed by atoms with E-state index in [0.717, 1.165) is 6.07 Å². The fourth-order valence-corrected chi connectivity index (χ4v) is 2.53. The molecule has 0 spiro atoms. The van der Waals surface area contributed by atoms with Crippen LogP contribution in [0.2, 0.25) is 0 Å². The van der Waals surface area contributed by atoms with Crippen molar-refractivity contribution in [3.05, 3.63) is 52.5 Å². The molecule has 0 aliphatic heterocycles. The Kier molecular flexibility index (Phi) is 6.64. The number of hydrogen-bond donors (Lipinski definition) is 2. The second-order valence-electron chi connectivity index (χ2n) is 5.15. The van der Waals surface area contributed by atoms with Crippen molar-refractivity contribution < 1.29 is 23.5 Å². The van der Waals surface area contributed by atoms with Crippen molar-refractivity contribution in [3.8, 4) is 0 Å². The predicted molar refractivity (Wildman–Crippen MR) is 91.9 cm³/mol. The molecule has 1 aromatic carbocycles. The summed E-state index contributed by atoms with van der Waals surface area (Å²) >= 11 is 1.40. The van der Waals surface area contributed by atoms with E-state index < -0.39 is 23.8 Å². The van der Waals surface area contributed by atoms with Crippen LogP contribution in [0.15, 0.2) is 41.1 Å². The second-order valence-corrected chi connectivity index (χ2v) is 5.93. The maximum atomic E-state index is 13.1.